The number of benzene rings is 2. The number of anilines is 1. The maximum Gasteiger partial charge on any atom is 0.259 e. The third-order valence-corrected chi connectivity index (χ3v) is 4.25. The molecule has 0 aliphatic carbocycles. The predicted molar refractivity (Wildman–Crippen MR) is 104 cm³/mol. The normalized spacial score (nSPS) is 10.7. The van der Waals surface area contributed by atoms with Crippen LogP contribution in [0.1, 0.15) is 16.1 Å². The molecular weight excluding hydrogens is 341 g/mol. The van der Waals surface area contributed by atoms with E-state index in [0.29, 0.717) is 11.5 Å². The molecule has 27 heavy (non-hydrogen) atoms. The quantitative estimate of drug-likeness (QED) is 0.561. The van der Waals surface area contributed by atoms with Gasteiger partial charge in [0.1, 0.15) is 11.6 Å². The van der Waals surface area contributed by atoms with Crippen molar-refractivity contribution in [1.82, 2.24) is 9.97 Å². The number of pyridine rings is 2. The summed E-state index contributed by atoms with van der Waals surface area (Å²) in [4.78, 5) is 21.3. The minimum absolute atomic E-state index is 0.0263. The van der Waals surface area contributed by atoms with Gasteiger partial charge < -0.3 is 5.32 Å². The zero-order chi connectivity index (χ0) is 18.8. The second kappa shape index (κ2) is 6.96. The van der Waals surface area contributed by atoms with Gasteiger partial charge in [0.2, 0.25) is 0 Å². The fourth-order valence-corrected chi connectivity index (χ4v) is 2.98. The standard InChI is InChI=1S/C22H16FN3O/c1-14-13-18(15-7-3-2-4-8-15)16-11-12-20(25-21(16)24-14)26-22(27)17-9-5-6-10-19(17)23/h2-13H,1H3,(H,24,25,26,27). The molecule has 0 atom stereocenters. The molecule has 0 unspecified atom stereocenters. The number of nitrogens with zero attached hydrogens (tertiary/aromatic N) is 2. The van der Waals surface area contributed by atoms with Crippen molar-refractivity contribution in [3.8, 4) is 11.1 Å². The minimum atomic E-state index is -0.573. The fraction of sp³-hybridized carbons (Fsp3) is 0.0455. The fourth-order valence-electron chi connectivity index (χ4n) is 2.98. The van der Waals surface area contributed by atoms with Crippen molar-refractivity contribution >= 4 is 22.8 Å². The van der Waals surface area contributed by atoms with Gasteiger partial charge in [0.25, 0.3) is 5.91 Å². The van der Waals surface area contributed by atoms with Gasteiger partial charge in [-0.2, -0.15) is 0 Å². The first-order valence-corrected chi connectivity index (χ1v) is 8.51. The largest absolute Gasteiger partial charge is 0.306 e. The van der Waals surface area contributed by atoms with Crippen LogP contribution in [0.3, 0.4) is 0 Å². The number of aryl methyl sites for hydroxylation is 1. The van der Waals surface area contributed by atoms with Gasteiger partial charge in [-0.3, -0.25) is 4.79 Å². The van der Waals surface area contributed by atoms with Crippen LogP contribution < -0.4 is 5.32 Å². The molecule has 0 radical (unpaired) electrons. The number of carbonyl (C=O) groups is 1. The van der Waals surface area contributed by atoms with Crippen LogP contribution in [-0.4, -0.2) is 15.9 Å². The lowest BCUT2D eigenvalue weighted by Gasteiger charge is -2.10. The summed E-state index contributed by atoms with van der Waals surface area (Å²) in [5.74, 6) is -0.792. The van der Waals surface area contributed by atoms with Gasteiger partial charge in [-0.05, 0) is 48.4 Å². The van der Waals surface area contributed by atoms with E-state index in [9.17, 15) is 9.18 Å². The Bertz CT molecular complexity index is 1140. The van der Waals surface area contributed by atoms with Crippen LogP contribution in [-0.2, 0) is 0 Å². The Morgan fingerprint density at radius 2 is 1.67 bits per heavy atom. The second-order valence-electron chi connectivity index (χ2n) is 6.18. The predicted octanol–water partition coefficient (Wildman–Crippen LogP) is 5.00. The van der Waals surface area contributed by atoms with Crippen LogP contribution in [0, 0.1) is 12.7 Å². The van der Waals surface area contributed by atoms with Crippen molar-refractivity contribution in [3.63, 3.8) is 0 Å². The maximum atomic E-state index is 13.8. The highest BCUT2D eigenvalue weighted by molar-refractivity contribution is 6.04. The molecule has 0 fully saturated rings. The molecule has 4 nitrogen and oxygen atoms in total. The van der Waals surface area contributed by atoms with Crippen molar-refractivity contribution in [3.05, 3.63) is 89.9 Å². The van der Waals surface area contributed by atoms with E-state index in [-0.39, 0.29) is 5.56 Å². The van der Waals surface area contributed by atoms with Crippen molar-refractivity contribution in [2.45, 2.75) is 6.92 Å². The van der Waals surface area contributed by atoms with Gasteiger partial charge in [0.05, 0.1) is 5.56 Å². The Morgan fingerprint density at radius 3 is 2.44 bits per heavy atom. The van der Waals surface area contributed by atoms with Crippen LogP contribution in [0.4, 0.5) is 10.2 Å². The number of halogens is 1. The van der Waals surface area contributed by atoms with Gasteiger partial charge >= 0.3 is 0 Å². The number of aromatic nitrogens is 2. The Balaban J connectivity index is 1.73. The van der Waals surface area contributed by atoms with Crippen LogP contribution in [0.25, 0.3) is 22.2 Å². The molecule has 2 heterocycles. The highest BCUT2D eigenvalue weighted by atomic mass is 19.1. The summed E-state index contributed by atoms with van der Waals surface area (Å²) in [6.45, 7) is 1.90. The van der Waals surface area contributed by atoms with E-state index in [1.54, 1.807) is 12.1 Å². The SMILES string of the molecule is Cc1cc(-c2ccccc2)c2ccc(NC(=O)c3ccccc3F)nc2n1. The molecule has 0 saturated heterocycles. The van der Waals surface area contributed by atoms with Gasteiger partial charge in [-0.25, -0.2) is 14.4 Å². The molecule has 1 amide bonds. The molecule has 0 spiro atoms. The first kappa shape index (κ1) is 16.8. The summed E-state index contributed by atoms with van der Waals surface area (Å²) in [6.07, 6.45) is 0. The number of hydrogen-bond acceptors (Lipinski definition) is 3. The van der Waals surface area contributed by atoms with Gasteiger partial charge in [-0.15, -0.1) is 0 Å². The summed E-state index contributed by atoms with van der Waals surface area (Å²) in [5.41, 5.74) is 3.42. The van der Waals surface area contributed by atoms with Crippen molar-refractivity contribution in [1.29, 1.82) is 0 Å². The first-order valence-electron chi connectivity index (χ1n) is 8.51. The second-order valence-corrected chi connectivity index (χ2v) is 6.18. The van der Waals surface area contributed by atoms with E-state index < -0.39 is 11.7 Å². The molecule has 2 aromatic carbocycles. The Morgan fingerprint density at radius 1 is 0.926 bits per heavy atom. The van der Waals surface area contributed by atoms with E-state index >= 15 is 0 Å². The molecule has 0 aliphatic rings. The van der Waals surface area contributed by atoms with Crippen molar-refractivity contribution in [2.75, 3.05) is 5.32 Å². The number of rotatable bonds is 3. The third-order valence-electron chi connectivity index (χ3n) is 4.25. The lowest BCUT2D eigenvalue weighted by molar-refractivity contribution is 0.102. The van der Waals surface area contributed by atoms with Crippen molar-refractivity contribution < 1.29 is 9.18 Å². The van der Waals surface area contributed by atoms with Crippen LogP contribution in [0.5, 0.6) is 0 Å². The minimum Gasteiger partial charge on any atom is -0.306 e. The monoisotopic (exact) mass is 357 g/mol. The van der Waals surface area contributed by atoms with Crippen molar-refractivity contribution in [2.24, 2.45) is 0 Å². The molecule has 0 aliphatic heterocycles. The van der Waals surface area contributed by atoms with Gasteiger partial charge in [0, 0.05) is 11.1 Å². The third kappa shape index (κ3) is 3.40. The average molecular weight is 357 g/mol. The molecule has 4 rings (SSSR count). The zero-order valence-corrected chi connectivity index (χ0v) is 14.6. The molecule has 132 valence electrons. The topological polar surface area (TPSA) is 54.9 Å². The summed E-state index contributed by atoms with van der Waals surface area (Å²) >= 11 is 0. The highest BCUT2D eigenvalue weighted by Crippen LogP contribution is 2.28. The molecular formula is C22H16FN3O. The van der Waals surface area contributed by atoms with Crippen LogP contribution in [0.2, 0.25) is 0 Å². The molecule has 0 bridgehead atoms. The van der Waals surface area contributed by atoms with Crippen LogP contribution in [0.15, 0.2) is 72.8 Å². The van der Waals surface area contributed by atoms with E-state index in [2.05, 4.69) is 15.3 Å². The maximum absolute atomic E-state index is 13.8. The number of nitrogens with one attached hydrogen (secondary N) is 1. The number of hydrogen-bond donors (Lipinski definition) is 1. The molecule has 1 N–H and O–H groups in total. The van der Waals surface area contributed by atoms with E-state index in [1.165, 1.54) is 18.2 Å². The molecule has 2 aromatic heterocycles. The van der Waals surface area contributed by atoms with Crippen LogP contribution >= 0.6 is 0 Å². The summed E-state index contributed by atoms with van der Waals surface area (Å²) < 4.78 is 13.8. The number of fused-ring (bicyclic) bond motifs is 1. The summed E-state index contributed by atoms with van der Waals surface area (Å²) in [5, 5.41) is 3.52. The van der Waals surface area contributed by atoms with Gasteiger partial charge in [0.15, 0.2) is 5.65 Å². The number of carbonyl (C=O) groups excluding carboxylic acids is 1. The summed E-state index contributed by atoms with van der Waals surface area (Å²) in [7, 11) is 0. The Kier molecular flexibility index (Phi) is 4.34. The smallest absolute Gasteiger partial charge is 0.259 e. The molecule has 0 saturated carbocycles. The highest BCUT2D eigenvalue weighted by Gasteiger charge is 2.13. The first-order chi connectivity index (χ1) is 13.1. The van der Waals surface area contributed by atoms with E-state index in [0.717, 1.165) is 22.2 Å². The molecule has 5 heteroatoms. The lowest BCUT2D eigenvalue weighted by atomic mass is 10.0. The summed E-state index contributed by atoms with van der Waals surface area (Å²) in [6, 6.07) is 21.4. The average Bonchev–Trinajstić information content (AvgIpc) is 2.68. The Labute approximate surface area is 155 Å². The lowest BCUT2D eigenvalue weighted by Crippen LogP contribution is -2.14. The van der Waals surface area contributed by atoms with E-state index in [1.807, 2.05) is 49.4 Å². The van der Waals surface area contributed by atoms with E-state index in [4.69, 9.17) is 0 Å². The molecule has 4 aromatic rings. The zero-order valence-electron chi connectivity index (χ0n) is 14.6. The number of amides is 1. The Hall–Kier alpha value is -3.60. The van der Waals surface area contributed by atoms with Gasteiger partial charge in [-0.1, -0.05) is 42.5 Å².